The Balaban J connectivity index is 2.36. The minimum absolute atomic E-state index is 0.0418. The number of nitrogens with zero attached hydrogens (tertiary/aromatic N) is 3. The fraction of sp³-hybridized carbons (Fsp3) is 0.0833. The molecule has 0 N–H and O–H groups in total. The van der Waals surface area contributed by atoms with Gasteiger partial charge in [-0.05, 0) is 12.1 Å². The lowest BCUT2D eigenvalue weighted by Gasteiger charge is -2.03. The smallest absolute Gasteiger partial charge is 0.270 e. The fourth-order valence-corrected chi connectivity index (χ4v) is 2.00. The van der Waals surface area contributed by atoms with Gasteiger partial charge in [-0.2, -0.15) is 5.10 Å². The number of nitro groups is 1. The predicted octanol–water partition coefficient (Wildman–Crippen LogP) is 2.74. The Bertz CT molecular complexity index is 742. The van der Waals surface area contributed by atoms with E-state index in [0.29, 0.717) is 16.5 Å². The van der Waals surface area contributed by atoms with Crippen molar-refractivity contribution in [2.45, 2.75) is 0 Å². The maximum atomic E-state index is 10.9. The van der Waals surface area contributed by atoms with Gasteiger partial charge in [0.1, 0.15) is 5.58 Å². The molecule has 0 atom stereocenters. The number of non-ortho nitro benzene ring substituents is 1. The van der Waals surface area contributed by atoms with Crippen LogP contribution in [-0.4, -0.2) is 14.7 Å². The minimum atomic E-state index is -0.410. The molecular formula is C12H9N3O3. The molecule has 0 aliphatic heterocycles. The highest BCUT2D eigenvalue weighted by molar-refractivity contribution is 5.93. The zero-order valence-electron chi connectivity index (χ0n) is 9.53. The van der Waals surface area contributed by atoms with Crippen molar-refractivity contribution >= 4 is 16.7 Å². The molecule has 2 aromatic heterocycles. The molecule has 0 bridgehead atoms. The number of fused-ring (bicyclic) bond motifs is 1. The van der Waals surface area contributed by atoms with E-state index in [-0.39, 0.29) is 5.69 Å². The van der Waals surface area contributed by atoms with Crippen LogP contribution in [0.4, 0.5) is 5.69 Å². The summed E-state index contributed by atoms with van der Waals surface area (Å²) in [6, 6.07) is 6.50. The van der Waals surface area contributed by atoms with Crippen molar-refractivity contribution < 1.29 is 9.34 Å². The van der Waals surface area contributed by atoms with E-state index in [0.717, 1.165) is 5.69 Å². The first kappa shape index (κ1) is 10.5. The molecule has 0 saturated carbocycles. The van der Waals surface area contributed by atoms with Gasteiger partial charge in [0.25, 0.3) is 5.69 Å². The van der Waals surface area contributed by atoms with Gasteiger partial charge in [0.05, 0.1) is 16.9 Å². The Hall–Kier alpha value is -2.63. The van der Waals surface area contributed by atoms with Gasteiger partial charge in [-0.1, -0.05) is 0 Å². The summed E-state index contributed by atoms with van der Waals surface area (Å²) in [4.78, 5) is 10.5. The highest BCUT2D eigenvalue weighted by Crippen LogP contribution is 2.33. The van der Waals surface area contributed by atoms with Crippen LogP contribution >= 0.6 is 0 Å². The lowest BCUT2D eigenvalue weighted by Crippen LogP contribution is -1.95. The molecule has 3 rings (SSSR count). The molecule has 90 valence electrons. The number of hydrogen-bond acceptors (Lipinski definition) is 4. The highest BCUT2D eigenvalue weighted by Gasteiger charge is 2.16. The van der Waals surface area contributed by atoms with Crippen LogP contribution in [0.1, 0.15) is 0 Å². The van der Waals surface area contributed by atoms with Crippen molar-refractivity contribution in [3.8, 4) is 11.3 Å². The van der Waals surface area contributed by atoms with Gasteiger partial charge in [-0.15, -0.1) is 0 Å². The number of aryl methyl sites for hydroxylation is 1. The van der Waals surface area contributed by atoms with Gasteiger partial charge in [0.2, 0.25) is 0 Å². The molecule has 0 radical (unpaired) electrons. The number of aromatic nitrogens is 2. The summed E-state index contributed by atoms with van der Waals surface area (Å²) < 4.78 is 7.05. The van der Waals surface area contributed by atoms with Gasteiger partial charge >= 0.3 is 0 Å². The quantitative estimate of drug-likeness (QED) is 0.512. The third kappa shape index (κ3) is 1.46. The average Bonchev–Trinajstić information content (AvgIpc) is 2.95. The predicted molar refractivity (Wildman–Crippen MR) is 65.1 cm³/mol. The number of furan rings is 1. The standard InChI is InChI=1S/C12H9N3O3/c1-14-11(2-4-13-14)10-7-9(15(16)17)6-8-3-5-18-12(8)10/h2-7H,1H3. The van der Waals surface area contributed by atoms with Gasteiger partial charge < -0.3 is 4.42 Å². The summed E-state index contributed by atoms with van der Waals surface area (Å²) in [5.74, 6) is 0. The van der Waals surface area contributed by atoms with Crippen LogP contribution in [0, 0.1) is 10.1 Å². The van der Waals surface area contributed by atoms with E-state index in [1.54, 1.807) is 30.1 Å². The van der Waals surface area contributed by atoms with Crippen LogP contribution in [0.15, 0.2) is 41.1 Å². The third-order valence-electron chi connectivity index (χ3n) is 2.84. The van der Waals surface area contributed by atoms with Gasteiger partial charge in [0, 0.05) is 36.3 Å². The molecule has 0 saturated heterocycles. The molecule has 1 aromatic carbocycles. The molecule has 0 spiro atoms. The summed E-state index contributed by atoms with van der Waals surface area (Å²) in [7, 11) is 1.78. The molecule has 0 unspecified atom stereocenters. The summed E-state index contributed by atoms with van der Waals surface area (Å²) in [6.45, 7) is 0. The van der Waals surface area contributed by atoms with Crippen molar-refractivity contribution in [2.75, 3.05) is 0 Å². The normalized spacial score (nSPS) is 10.9. The Morgan fingerprint density at radius 2 is 2.22 bits per heavy atom. The SMILES string of the molecule is Cn1nccc1-c1cc([N+](=O)[O-])cc2ccoc12. The van der Waals surface area contributed by atoms with E-state index in [9.17, 15) is 10.1 Å². The topological polar surface area (TPSA) is 74.1 Å². The van der Waals surface area contributed by atoms with Crippen molar-refractivity contribution in [2.24, 2.45) is 7.05 Å². The Morgan fingerprint density at radius 1 is 1.39 bits per heavy atom. The van der Waals surface area contributed by atoms with Crippen LogP contribution in [0.3, 0.4) is 0 Å². The van der Waals surface area contributed by atoms with Crippen molar-refractivity contribution in [3.63, 3.8) is 0 Å². The zero-order chi connectivity index (χ0) is 12.7. The monoisotopic (exact) mass is 243 g/mol. The Morgan fingerprint density at radius 3 is 2.89 bits per heavy atom. The van der Waals surface area contributed by atoms with Crippen LogP contribution in [0.5, 0.6) is 0 Å². The van der Waals surface area contributed by atoms with Crippen LogP contribution in [-0.2, 0) is 7.05 Å². The van der Waals surface area contributed by atoms with Gasteiger partial charge in [-0.3, -0.25) is 14.8 Å². The van der Waals surface area contributed by atoms with E-state index in [1.165, 1.54) is 18.4 Å². The lowest BCUT2D eigenvalue weighted by molar-refractivity contribution is -0.384. The van der Waals surface area contributed by atoms with Crippen molar-refractivity contribution in [1.82, 2.24) is 9.78 Å². The second-order valence-electron chi connectivity index (χ2n) is 3.93. The molecule has 2 heterocycles. The third-order valence-corrected chi connectivity index (χ3v) is 2.84. The zero-order valence-corrected chi connectivity index (χ0v) is 9.53. The summed E-state index contributed by atoms with van der Waals surface area (Å²) >= 11 is 0. The number of benzene rings is 1. The van der Waals surface area contributed by atoms with E-state index in [2.05, 4.69) is 5.10 Å². The molecule has 6 nitrogen and oxygen atoms in total. The first-order chi connectivity index (χ1) is 8.66. The molecule has 6 heteroatoms. The van der Waals surface area contributed by atoms with Crippen molar-refractivity contribution in [1.29, 1.82) is 0 Å². The Kier molecular flexibility index (Phi) is 2.16. The second kappa shape index (κ2) is 3.69. The average molecular weight is 243 g/mol. The number of nitro benzene ring substituents is 1. The highest BCUT2D eigenvalue weighted by atomic mass is 16.6. The molecule has 18 heavy (non-hydrogen) atoms. The first-order valence-corrected chi connectivity index (χ1v) is 5.31. The van der Waals surface area contributed by atoms with Crippen LogP contribution < -0.4 is 0 Å². The van der Waals surface area contributed by atoms with Gasteiger partial charge in [-0.25, -0.2) is 0 Å². The Labute approximate surface area is 102 Å². The minimum Gasteiger partial charge on any atom is -0.464 e. The summed E-state index contributed by atoms with van der Waals surface area (Å²) in [6.07, 6.45) is 3.16. The largest absolute Gasteiger partial charge is 0.464 e. The van der Waals surface area contributed by atoms with E-state index in [4.69, 9.17) is 4.42 Å². The molecule has 3 aromatic rings. The van der Waals surface area contributed by atoms with Crippen LogP contribution in [0.25, 0.3) is 22.2 Å². The van der Waals surface area contributed by atoms with Crippen LogP contribution in [0.2, 0.25) is 0 Å². The van der Waals surface area contributed by atoms with E-state index < -0.39 is 4.92 Å². The number of hydrogen-bond donors (Lipinski definition) is 0. The molecule has 0 amide bonds. The molecular weight excluding hydrogens is 234 g/mol. The maximum absolute atomic E-state index is 10.9. The first-order valence-electron chi connectivity index (χ1n) is 5.31. The van der Waals surface area contributed by atoms with E-state index >= 15 is 0 Å². The fourth-order valence-electron chi connectivity index (χ4n) is 2.00. The maximum Gasteiger partial charge on any atom is 0.270 e. The lowest BCUT2D eigenvalue weighted by atomic mass is 10.1. The number of rotatable bonds is 2. The summed E-state index contributed by atoms with van der Waals surface area (Å²) in [5.41, 5.74) is 2.12. The molecule has 0 aliphatic rings. The second-order valence-corrected chi connectivity index (χ2v) is 3.93. The molecule has 0 aliphatic carbocycles. The van der Waals surface area contributed by atoms with E-state index in [1.807, 2.05) is 0 Å². The molecule has 0 fully saturated rings. The summed E-state index contributed by atoms with van der Waals surface area (Å²) in [5, 5.41) is 15.7. The van der Waals surface area contributed by atoms with Gasteiger partial charge in [0.15, 0.2) is 0 Å². The van der Waals surface area contributed by atoms with Crippen molar-refractivity contribution in [3.05, 3.63) is 46.8 Å².